The molecule has 1 heterocycles. The van der Waals surface area contributed by atoms with Crippen molar-refractivity contribution in [3.05, 3.63) is 71.3 Å². The van der Waals surface area contributed by atoms with Crippen molar-refractivity contribution in [2.45, 2.75) is 24.4 Å². The minimum Gasteiger partial charge on any atom is -0.356 e. The number of carbonyl (C=O) groups excluding carboxylic acids is 1. The molecule has 0 fully saturated rings. The van der Waals surface area contributed by atoms with Crippen LogP contribution < -0.4 is 5.32 Å². The second kappa shape index (κ2) is 9.53. The van der Waals surface area contributed by atoms with Crippen LogP contribution in [0.15, 0.2) is 58.9 Å². The number of rotatable bonds is 8. The first-order valence-corrected chi connectivity index (χ1v) is 10.4. The van der Waals surface area contributed by atoms with Gasteiger partial charge in [-0.2, -0.15) is 0 Å². The largest absolute Gasteiger partial charge is 0.356 e. The third-order valence-corrected chi connectivity index (χ3v) is 6.11. The molecule has 0 bridgehead atoms. The molecular weight excluding hydrogens is 376 g/mol. The van der Waals surface area contributed by atoms with Gasteiger partial charge in [-0.3, -0.25) is 4.79 Å². The predicted octanol–water partition coefficient (Wildman–Crippen LogP) is 4.21. The van der Waals surface area contributed by atoms with Gasteiger partial charge in [-0.05, 0) is 23.6 Å². The zero-order chi connectivity index (χ0) is 19.1. The van der Waals surface area contributed by atoms with Gasteiger partial charge in [-0.15, -0.1) is 10.2 Å². The topological polar surface area (TPSA) is 58.1 Å². The molecule has 0 aliphatic heterocycles. The van der Waals surface area contributed by atoms with E-state index in [-0.39, 0.29) is 5.91 Å². The van der Waals surface area contributed by atoms with Crippen molar-refractivity contribution in [1.29, 1.82) is 0 Å². The van der Waals surface area contributed by atoms with E-state index < -0.39 is 0 Å². The highest BCUT2D eigenvalue weighted by atomic mass is 32.2. The van der Waals surface area contributed by atoms with Gasteiger partial charge < -0.3 is 10.2 Å². The van der Waals surface area contributed by atoms with Crippen molar-refractivity contribution < 1.29 is 4.79 Å². The van der Waals surface area contributed by atoms with Crippen molar-refractivity contribution >= 4 is 34.1 Å². The molecule has 2 aromatic carbocycles. The van der Waals surface area contributed by atoms with Gasteiger partial charge in [-0.25, -0.2) is 0 Å². The average Bonchev–Trinajstić information content (AvgIpc) is 3.15. The first-order chi connectivity index (χ1) is 13.1. The number of anilines is 1. The number of aromatic nitrogens is 2. The Balaban J connectivity index is 1.46. The highest BCUT2D eigenvalue weighted by Gasteiger charge is 2.13. The van der Waals surface area contributed by atoms with E-state index >= 15 is 0 Å². The van der Waals surface area contributed by atoms with E-state index in [1.807, 2.05) is 37.4 Å². The fourth-order valence-electron chi connectivity index (χ4n) is 2.48. The summed E-state index contributed by atoms with van der Waals surface area (Å²) in [5.41, 5.74) is 3.56. The molecule has 0 saturated heterocycles. The summed E-state index contributed by atoms with van der Waals surface area (Å²) in [6, 6.07) is 18.3. The lowest BCUT2D eigenvalue weighted by Crippen LogP contribution is -2.28. The van der Waals surface area contributed by atoms with Gasteiger partial charge in [0.2, 0.25) is 11.0 Å². The van der Waals surface area contributed by atoms with Crippen LogP contribution in [0.5, 0.6) is 0 Å². The van der Waals surface area contributed by atoms with Crippen LogP contribution in [0.3, 0.4) is 0 Å². The molecule has 3 aromatic rings. The first kappa shape index (κ1) is 19.4. The number of nitrogens with zero attached hydrogens (tertiary/aromatic N) is 3. The van der Waals surface area contributed by atoms with Crippen LogP contribution in [0, 0.1) is 6.92 Å². The normalized spacial score (nSPS) is 10.6. The number of benzene rings is 2. The molecule has 27 heavy (non-hydrogen) atoms. The smallest absolute Gasteiger partial charge is 0.233 e. The van der Waals surface area contributed by atoms with E-state index in [0.717, 1.165) is 9.47 Å². The Kier molecular flexibility index (Phi) is 6.84. The lowest BCUT2D eigenvalue weighted by atomic mass is 10.1. The Morgan fingerprint density at radius 1 is 1.11 bits per heavy atom. The Labute approximate surface area is 167 Å². The molecule has 0 aliphatic rings. The number of thioether (sulfide) groups is 1. The summed E-state index contributed by atoms with van der Waals surface area (Å²) in [6.45, 7) is 3.39. The summed E-state index contributed by atoms with van der Waals surface area (Å²) >= 11 is 2.90. The number of hydrogen-bond donors (Lipinski definition) is 1. The molecule has 1 N–H and O–H groups in total. The highest BCUT2D eigenvalue weighted by Crippen LogP contribution is 2.26. The van der Waals surface area contributed by atoms with E-state index in [9.17, 15) is 4.79 Å². The van der Waals surface area contributed by atoms with Gasteiger partial charge in [0.15, 0.2) is 4.34 Å². The van der Waals surface area contributed by atoms with Crippen molar-refractivity contribution in [2.75, 3.05) is 18.1 Å². The van der Waals surface area contributed by atoms with Crippen LogP contribution in [-0.4, -0.2) is 33.8 Å². The van der Waals surface area contributed by atoms with Crippen molar-refractivity contribution in [3.8, 4) is 0 Å². The molecule has 1 aromatic heterocycles. The van der Waals surface area contributed by atoms with Crippen LogP contribution in [-0.2, 0) is 17.9 Å². The van der Waals surface area contributed by atoms with Crippen LogP contribution in [0.2, 0.25) is 0 Å². The standard InChI is InChI=1S/C20H22N4OS2/c1-15-8-6-7-11-17(15)13-24(2)18(25)14-26-20-23-22-19(27-20)21-12-16-9-4-3-5-10-16/h3-11H,12-14H2,1-2H3,(H,21,22). The summed E-state index contributed by atoms with van der Waals surface area (Å²) < 4.78 is 0.795. The van der Waals surface area contributed by atoms with E-state index in [0.29, 0.717) is 18.8 Å². The number of hydrogen-bond acceptors (Lipinski definition) is 6. The summed E-state index contributed by atoms with van der Waals surface area (Å²) in [4.78, 5) is 14.2. The van der Waals surface area contributed by atoms with Crippen LogP contribution >= 0.6 is 23.1 Å². The van der Waals surface area contributed by atoms with Gasteiger partial charge in [0, 0.05) is 20.1 Å². The Morgan fingerprint density at radius 3 is 2.63 bits per heavy atom. The summed E-state index contributed by atoms with van der Waals surface area (Å²) in [7, 11) is 1.84. The first-order valence-electron chi connectivity index (χ1n) is 8.64. The number of amides is 1. The number of carbonyl (C=O) groups is 1. The maximum Gasteiger partial charge on any atom is 0.233 e. The minimum atomic E-state index is 0.0808. The molecule has 140 valence electrons. The fourth-order valence-corrected chi connectivity index (χ4v) is 4.17. The number of nitrogens with one attached hydrogen (secondary N) is 1. The molecule has 0 radical (unpaired) electrons. The molecular formula is C20H22N4OS2. The van der Waals surface area contributed by atoms with Gasteiger partial charge in [-0.1, -0.05) is 77.7 Å². The third kappa shape index (κ3) is 5.80. The SMILES string of the molecule is Cc1ccccc1CN(C)C(=O)CSc1nnc(NCc2ccccc2)s1. The van der Waals surface area contributed by atoms with Gasteiger partial charge in [0.25, 0.3) is 0 Å². The summed E-state index contributed by atoms with van der Waals surface area (Å²) in [5.74, 6) is 0.438. The molecule has 0 unspecified atom stereocenters. The van der Waals surface area contributed by atoms with Crippen molar-refractivity contribution in [3.63, 3.8) is 0 Å². The average molecular weight is 399 g/mol. The van der Waals surface area contributed by atoms with Gasteiger partial charge in [0.1, 0.15) is 0 Å². The van der Waals surface area contributed by atoms with Crippen LogP contribution in [0.25, 0.3) is 0 Å². The van der Waals surface area contributed by atoms with Gasteiger partial charge >= 0.3 is 0 Å². The maximum absolute atomic E-state index is 12.4. The molecule has 3 rings (SSSR count). The predicted molar refractivity (Wildman–Crippen MR) is 112 cm³/mol. The third-order valence-electron chi connectivity index (χ3n) is 4.11. The van der Waals surface area contributed by atoms with Crippen molar-refractivity contribution in [1.82, 2.24) is 15.1 Å². The Hall–Kier alpha value is -2.38. The highest BCUT2D eigenvalue weighted by molar-refractivity contribution is 8.01. The molecule has 0 saturated carbocycles. The second-order valence-corrected chi connectivity index (χ2v) is 8.38. The van der Waals surface area contributed by atoms with Gasteiger partial charge in [0.05, 0.1) is 5.75 Å². The van der Waals surface area contributed by atoms with E-state index in [1.165, 1.54) is 39.8 Å². The van der Waals surface area contributed by atoms with Crippen LogP contribution in [0.4, 0.5) is 5.13 Å². The van der Waals surface area contributed by atoms with E-state index in [1.54, 1.807) is 4.90 Å². The van der Waals surface area contributed by atoms with Crippen LogP contribution in [0.1, 0.15) is 16.7 Å². The van der Waals surface area contributed by atoms with E-state index in [4.69, 9.17) is 0 Å². The Morgan fingerprint density at radius 2 is 1.85 bits per heavy atom. The number of aryl methyl sites for hydroxylation is 1. The maximum atomic E-state index is 12.4. The molecule has 1 amide bonds. The molecule has 5 nitrogen and oxygen atoms in total. The molecule has 7 heteroatoms. The minimum absolute atomic E-state index is 0.0808. The van der Waals surface area contributed by atoms with Crippen molar-refractivity contribution in [2.24, 2.45) is 0 Å². The molecule has 0 aliphatic carbocycles. The quantitative estimate of drug-likeness (QED) is 0.576. The summed E-state index contributed by atoms with van der Waals surface area (Å²) in [5, 5.41) is 12.3. The Bertz CT molecular complexity index is 882. The second-order valence-electron chi connectivity index (χ2n) is 6.18. The zero-order valence-electron chi connectivity index (χ0n) is 15.4. The van der Waals surface area contributed by atoms with E-state index in [2.05, 4.69) is 46.7 Å². The molecule has 0 atom stereocenters. The monoisotopic (exact) mass is 398 g/mol. The lowest BCUT2D eigenvalue weighted by Gasteiger charge is -2.18. The fraction of sp³-hybridized carbons (Fsp3) is 0.250. The zero-order valence-corrected chi connectivity index (χ0v) is 17.0. The summed E-state index contributed by atoms with van der Waals surface area (Å²) in [6.07, 6.45) is 0. The lowest BCUT2D eigenvalue weighted by molar-refractivity contribution is -0.127. The molecule has 0 spiro atoms.